The first-order valence-electron chi connectivity index (χ1n) is 9.55. The molecule has 0 amide bonds. The molecule has 2 aromatic rings. The molecule has 2 N–H and O–H groups in total. The molecule has 30 heavy (non-hydrogen) atoms. The second-order valence-electron chi connectivity index (χ2n) is 7.61. The van der Waals surface area contributed by atoms with Crippen LogP contribution in [0.1, 0.15) is 36.8 Å². The van der Waals surface area contributed by atoms with Crippen LogP contribution in [0.2, 0.25) is 0 Å². The summed E-state index contributed by atoms with van der Waals surface area (Å²) in [5.41, 5.74) is 0.636. The van der Waals surface area contributed by atoms with Gasteiger partial charge in [0.25, 0.3) is 0 Å². The van der Waals surface area contributed by atoms with E-state index in [-0.39, 0.29) is 21.9 Å². The maximum Gasteiger partial charge on any atom is 0.241 e. The zero-order chi connectivity index (χ0) is 22.1. The van der Waals surface area contributed by atoms with Crippen LogP contribution in [0.25, 0.3) is 0 Å². The summed E-state index contributed by atoms with van der Waals surface area (Å²) in [6, 6.07) is 6.32. The van der Waals surface area contributed by atoms with Gasteiger partial charge in [-0.25, -0.2) is 35.1 Å². The smallest absolute Gasteiger partial charge is 0.208 e. The van der Waals surface area contributed by atoms with E-state index in [0.29, 0.717) is 36.8 Å². The van der Waals surface area contributed by atoms with Crippen molar-refractivity contribution in [2.45, 2.75) is 61.4 Å². The Hall–Kier alpha value is -1.88. The SMILES string of the molecule is Cc1cc(F)ccc1S(=O)(=O)NC1CCC(NS(=O)(=O)c2ccc(F)cc2C)CC1. The highest BCUT2D eigenvalue weighted by molar-refractivity contribution is 7.89. The van der Waals surface area contributed by atoms with Crippen molar-refractivity contribution in [2.75, 3.05) is 0 Å². The Morgan fingerprint density at radius 3 is 1.33 bits per heavy atom. The maximum absolute atomic E-state index is 13.3. The second kappa shape index (κ2) is 8.70. The second-order valence-corrected chi connectivity index (χ2v) is 11.0. The van der Waals surface area contributed by atoms with E-state index in [9.17, 15) is 25.6 Å². The first-order valence-corrected chi connectivity index (χ1v) is 12.5. The summed E-state index contributed by atoms with van der Waals surface area (Å²) in [7, 11) is -7.61. The molecule has 1 fully saturated rings. The zero-order valence-electron chi connectivity index (χ0n) is 16.7. The van der Waals surface area contributed by atoms with Crippen LogP contribution in [0.15, 0.2) is 46.2 Å². The molecule has 3 rings (SSSR count). The largest absolute Gasteiger partial charge is 0.241 e. The van der Waals surface area contributed by atoms with E-state index < -0.39 is 31.7 Å². The van der Waals surface area contributed by atoms with Crippen molar-refractivity contribution in [3.8, 4) is 0 Å². The summed E-state index contributed by atoms with van der Waals surface area (Å²) >= 11 is 0. The summed E-state index contributed by atoms with van der Waals surface area (Å²) in [5, 5.41) is 0. The quantitative estimate of drug-likeness (QED) is 0.696. The van der Waals surface area contributed by atoms with Crippen LogP contribution < -0.4 is 9.44 Å². The molecule has 2 aromatic carbocycles. The van der Waals surface area contributed by atoms with Crippen molar-refractivity contribution in [1.82, 2.24) is 9.44 Å². The fourth-order valence-electron chi connectivity index (χ4n) is 3.72. The van der Waals surface area contributed by atoms with Crippen molar-refractivity contribution < 1.29 is 25.6 Å². The van der Waals surface area contributed by atoms with Crippen LogP contribution in [-0.2, 0) is 20.0 Å². The Bertz CT molecular complexity index is 1050. The van der Waals surface area contributed by atoms with E-state index >= 15 is 0 Å². The lowest BCUT2D eigenvalue weighted by Crippen LogP contribution is -2.43. The molecular weight excluding hydrogens is 434 g/mol. The van der Waals surface area contributed by atoms with Gasteiger partial charge in [0.15, 0.2) is 0 Å². The van der Waals surface area contributed by atoms with E-state index in [0.717, 1.165) is 24.3 Å². The molecule has 6 nitrogen and oxygen atoms in total. The summed E-state index contributed by atoms with van der Waals surface area (Å²) in [6.07, 6.45) is 1.81. The van der Waals surface area contributed by atoms with Gasteiger partial charge in [-0.1, -0.05) is 0 Å². The standard InChI is InChI=1S/C20H24F2N2O4S2/c1-13-11-15(21)3-9-19(13)29(25,26)23-17-5-7-18(8-6-17)24-30(27,28)20-10-4-16(22)12-14(20)2/h3-4,9-12,17-18,23-24H,5-8H2,1-2H3. The predicted molar refractivity (Wildman–Crippen MR) is 109 cm³/mol. The van der Waals surface area contributed by atoms with Gasteiger partial charge in [-0.15, -0.1) is 0 Å². The van der Waals surface area contributed by atoms with Crippen LogP contribution in [0, 0.1) is 25.5 Å². The molecule has 0 unspecified atom stereocenters. The van der Waals surface area contributed by atoms with Crippen LogP contribution in [0.3, 0.4) is 0 Å². The van der Waals surface area contributed by atoms with Gasteiger partial charge < -0.3 is 0 Å². The van der Waals surface area contributed by atoms with Crippen LogP contribution in [-0.4, -0.2) is 28.9 Å². The number of halogens is 2. The molecule has 0 bridgehead atoms. The highest BCUT2D eigenvalue weighted by atomic mass is 32.2. The monoisotopic (exact) mass is 458 g/mol. The van der Waals surface area contributed by atoms with Gasteiger partial charge in [0, 0.05) is 12.1 Å². The summed E-state index contributed by atoms with van der Waals surface area (Å²) in [4.78, 5) is 0.0528. The predicted octanol–water partition coefficient (Wildman–Crippen LogP) is 3.15. The average Bonchev–Trinajstić information content (AvgIpc) is 2.62. The molecule has 1 aliphatic carbocycles. The van der Waals surface area contributed by atoms with Gasteiger partial charge in [0.1, 0.15) is 11.6 Å². The third-order valence-electron chi connectivity index (χ3n) is 5.22. The Balaban J connectivity index is 1.62. The summed E-state index contributed by atoms with van der Waals surface area (Å²) < 4.78 is 82.2. The molecule has 0 atom stereocenters. The Kier molecular flexibility index (Phi) is 6.61. The van der Waals surface area contributed by atoms with E-state index in [1.54, 1.807) is 0 Å². The van der Waals surface area contributed by atoms with E-state index in [4.69, 9.17) is 0 Å². The van der Waals surface area contributed by atoms with E-state index in [1.165, 1.54) is 26.0 Å². The number of hydrogen-bond donors (Lipinski definition) is 2. The molecule has 1 saturated carbocycles. The molecule has 164 valence electrons. The minimum absolute atomic E-state index is 0.0264. The Morgan fingerprint density at radius 2 is 1.03 bits per heavy atom. The number of hydrogen-bond acceptors (Lipinski definition) is 4. The topological polar surface area (TPSA) is 92.3 Å². The minimum atomic E-state index is -3.80. The van der Waals surface area contributed by atoms with Crippen molar-refractivity contribution in [3.63, 3.8) is 0 Å². The molecule has 0 aliphatic heterocycles. The Labute approximate surface area is 175 Å². The normalized spacial score (nSPS) is 20.3. The number of benzene rings is 2. The van der Waals surface area contributed by atoms with Crippen molar-refractivity contribution in [3.05, 3.63) is 59.2 Å². The first kappa shape index (κ1) is 22.8. The molecule has 0 aromatic heterocycles. The fourth-order valence-corrected chi connectivity index (χ4v) is 6.79. The zero-order valence-corrected chi connectivity index (χ0v) is 18.3. The van der Waals surface area contributed by atoms with Gasteiger partial charge in [-0.3, -0.25) is 0 Å². The molecule has 0 saturated heterocycles. The summed E-state index contributed by atoms with van der Waals surface area (Å²) in [5.74, 6) is -1.01. The molecule has 0 radical (unpaired) electrons. The number of rotatable bonds is 6. The lowest BCUT2D eigenvalue weighted by molar-refractivity contribution is 0.356. The van der Waals surface area contributed by atoms with Gasteiger partial charge in [-0.05, 0) is 87.1 Å². The Morgan fingerprint density at radius 1 is 0.700 bits per heavy atom. The fraction of sp³-hybridized carbons (Fsp3) is 0.400. The number of sulfonamides is 2. The molecule has 10 heteroatoms. The van der Waals surface area contributed by atoms with Crippen LogP contribution in [0.5, 0.6) is 0 Å². The molecule has 0 heterocycles. The first-order chi connectivity index (χ1) is 14.0. The van der Waals surface area contributed by atoms with Gasteiger partial charge >= 0.3 is 0 Å². The highest BCUT2D eigenvalue weighted by Gasteiger charge is 2.29. The van der Waals surface area contributed by atoms with E-state index in [2.05, 4.69) is 9.44 Å². The van der Waals surface area contributed by atoms with Gasteiger partial charge in [0.05, 0.1) is 9.79 Å². The third kappa shape index (κ3) is 5.23. The lowest BCUT2D eigenvalue weighted by Gasteiger charge is -2.29. The van der Waals surface area contributed by atoms with Crippen molar-refractivity contribution in [1.29, 1.82) is 0 Å². The van der Waals surface area contributed by atoms with Gasteiger partial charge in [-0.2, -0.15) is 0 Å². The summed E-state index contributed by atoms with van der Waals surface area (Å²) in [6.45, 7) is 3.06. The average molecular weight is 459 g/mol. The maximum atomic E-state index is 13.3. The van der Waals surface area contributed by atoms with Crippen molar-refractivity contribution in [2.24, 2.45) is 0 Å². The lowest BCUT2D eigenvalue weighted by atomic mass is 9.92. The highest BCUT2D eigenvalue weighted by Crippen LogP contribution is 2.24. The van der Waals surface area contributed by atoms with E-state index in [1.807, 2.05) is 0 Å². The number of nitrogens with one attached hydrogen (secondary N) is 2. The minimum Gasteiger partial charge on any atom is -0.208 e. The number of aryl methyl sites for hydroxylation is 2. The van der Waals surface area contributed by atoms with Crippen LogP contribution in [0.4, 0.5) is 8.78 Å². The van der Waals surface area contributed by atoms with Crippen LogP contribution >= 0.6 is 0 Å². The molecule has 1 aliphatic rings. The van der Waals surface area contributed by atoms with Crippen molar-refractivity contribution >= 4 is 20.0 Å². The molecular formula is C20H24F2N2O4S2. The molecule has 0 spiro atoms. The third-order valence-corrected chi connectivity index (χ3v) is 8.59. The van der Waals surface area contributed by atoms with Gasteiger partial charge in [0.2, 0.25) is 20.0 Å².